The summed E-state index contributed by atoms with van der Waals surface area (Å²) in [4.78, 5) is 15.9. The van der Waals surface area contributed by atoms with E-state index in [0.29, 0.717) is 5.82 Å². The van der Waals surface area contributed by atoms with Crippen LogP contribution in [0.15, 0.2) is 42.6 Å². The SMILES string of the molecule is COc1ccccc1Nc1ccc(NC(=O)C2CC2)nc1. The van der Waals surface area contributed by atoms with E-state index in [2.05, 4.69) is 15.6 Å². The molecular weight excluding hydrogens is 266 g/mol. The molecule has 3 rings (SSSR count). The van der Waals surface area contributed by atoms with Gasteiger partial charge in [0.2, 0.25) is 5.91 Å². The zero-order valence-electron chi connectivity index (χ0n) is 11.8. The van der Waals surface area contributed by atoms with Crippen LogP contribution in [-0.2, 0) is 4.79 Å². The summed E-state index contributed by atoms with van der Waals surface area (Å²) in [7, 11) is 1.63. The van der Waals surface area contributed by atoms with Crippen LogP contribution < -0.4 is 15.4 Å². The third-order valence-electron chi connectivity index (χ3n) is 3.35. The summed E-state index contributed by atoms with van der Waals surface area (Å²) in [5.74, 6) is 1.59. The average molecular weight is 283 g/mol. The Hall–Kier alpha value is -2.56. The number of aromatic nitrogens is 1. The lowest BCUT2D eigenvalue weighted by atomic mass is 10.2. The highest BCUT2D eigenvalue weighted by atomic mass is 16.5. The Bertz CT molecular complexity index is 636. The highest BCUT2D eigenvalue weighted by Gasteiger charge is 2.29. The van der Waals surface area contributed by atoms with Crippen LogP contribution in [0, 0.1) is 5.92 Å². The maximum absolute atomic E-state index is 11.7. The van der Waals surface area contributed by atoms with Gasteiger partial charge in [-0.1, -0.05) is 12.1 Å². The molecule has 2 aromatic rings. The zero-order valence-corrected chi connectivity index (χ0v) is 11.8. The monoisotopic (exact) mass is 283 g/mol. The van der Waals surface area contributed by atoms with Crippen LogP contribution in [0.4, 0.5) is 17.2 Å². The van der Waals surface area contributed by atoms with Gasteiger partial charge in [-0.15, -0.1) is 0 Å². The van der Waals surface area contributed by atoms with Crippen molar-refractivity contribution in [3.63, 3.8) is 0 Å². The molecule has 0 atom stereocenters. The third kappa shape index (κ3) is 3.31. The van der Waals surface area contributed by atoms with Gasteiger partial charge in [-0.05, 0) is 37.1 Å². The Kier molecular flexibility index (Phi) is 3.73. The second kappa shape index (κ2) is 5.83. The average Bonchev–Trinajstić information content (AvgIpc) is 3.34. The van der Waals surface area contributed by atoms with Gasteiger partial charge in [0.25, 0.3) is 0 Å². The lowest BCUT2D eigenvalue weighted by Crippen LogP contribution is -2.14. The molecule has 1 aliphatic carbocycles. The van der Waals surface area contributed by atoms with Crippen molar-refractivity contribution in [3.05, 3.63) is 42.6 Å². The first-order chi connectivity index (χ1) is 10.3. The molecule has 0 radical (unpaired) electrons. The number of para-hydroxylation sites is 2. The molecule has 1 aliphatic rings. The topological polar surface area (TPSA) is 63.2 Å². The minimum atomic E-state index is 0.0629. The van der Waals surface area contributed by atoms with Crippen molar-refractivity contribution >= 4 is 23.1 Å². The van der Waals surface area contributed by atoms with Crippen molar-refractivity contribution in [2.45, 2.75) is 12.8 Å². The van der Waals surface area contributed by atoms with Gasteiger partial charge in [-0.2, -0.15) is 0 Å². The van der Waals surface area contributed by atoms with Crippen molar-refractivity contribution in [1.82, 2.24) is 4.98 Å². The maximum Gasteiger partial charge on any atom is 0.228 e. The van der Waals surface area contributed by atoms with Crippen LogP contribution in [0.1, 0.15) is 12.8 Å². The molecule has 0 spiro atoms. The van der Waals surface area contributed by atoms with Crippen molar-refractivity contribution in [2.24, 2.45) is 5.92 Å². The van der Waals surface area contributed by atoms with Crippen molar-refractivity contribution in [2.75, 3.05) is 17.7 Å². The van der Waals surface area contributed by atoms with Gasteiger partial charge in [0, 0.05) is 5.92 Å². The lowest BCUT2D eigenvalue weighted by molar-refractivity contribution is -0.117. The number of nitrogens with zero attached hydrogens (tertiary/aromatic N) is 1. The molecule has 5 nitrogen and oxygen atoms in total. The predicted octanol–water partition coefficient (Wildman–Crippen LogP) is 3.18. The van der Waals surface area contributed by atoms with E-state index >= 15 is 0 Å². The third-order valence-corrected chi connectivity index (χ3v) is 3.35. The minimum absolute atomic E-state index is 0.0629. The van der Waals surface area contributed by atoms with E-state index in [0.717, 1.165) is 30.0 Å². The molecule has 0 bridgehead atoms. The first kappa shape index (κ1) is 13.4. The first-order valence-electron chi connectivity index (χ1n) is 6.93. The summed E-state index contributed by atoms with van der Waals surface area (Å²) >= 11 is 0. The molecule has 5 heteroatoms. The number of rotatable bonds is 5. The number of anilines is 3. The van der Waals surface area contributed by atoms with E-state index in [1.807, 2.05) is 30.3 Å². The van der Waals surface area contributed by atoms with Crippen LogP contribution in [-0.4, -0.2) is 18.0 Å². The van der Waals surface area contributed by atoms with Gasteiger partial charge in [-0.25, -0.2) is 4.98 Å². The molecule has 0 saturated heterocycles. The van der Waals surface area contributed by atoms with Gasteiger partial charge in [0.05, 0.1) is 24.7 Å². The summed E-state index contributed by atoms with van der Waals surface area (Å²) in [6.07, 6.45) is 3.66. The summed E-state index contributed by atoms with van der Waals surface area (Å²) in [5, 5.41) is 6.05. The first-order valence-corrected chi connectivity index (χ1v) is 6.93. The smallest absolute Gasteiger partial charge is 0.228 e. The standard InChI is InChI=1S/C16H17N3O2/c1-21-14-5-3-2-4-13(14)18-12-8-9-15(17-10-12)19-16(20)11-6-7-11/h2-5,8-11,18H,6-7H2,1H3,(H,17,19,20). The number of ether oxygens (including phenoxy) is 1. The quantitative estimate of drug-likeness (QED) is 0.884. The summed E-state index contributed by atoms with van der Waals surface area (Å²) in [6.45, 7) is 0. The fourth-order valence-electron chi connectivity index (χ4n) is 2.02. The van der Waals surface area contributed by atoms with E-state index in [-0.39, 0.29) is 11.8 Å². The summed E-state index contributed by atoms with van der Waals surface area (Å²) in [5.41, 5.74) is 1.71. The Labute approximate surface area is 123 Å². The van der Waals surface area contributed by atoms with Gasteiger partial charge in [-0.3, -0.25) is 4.79 Å². The van der Waals surface area contributed by atoms with E-state index in [9.17, 15) is 4.79 Å². The Morgan fingerprint density at radius 2 is 2.05 bits per heavy atom. The van der Waals surface area contributed by atoms with E-state index in [4.69, 9.17) is 4.74 Å². The molecular formula is C16H17N3O2. The van der Waals surface area contributed by atoms with Crippen LogP contribution in [0.3, 0.4) is 0 Å². The molecule has 1 saturated carbocycles. The van der Waals surface area contributed by atoms with E-state index in [1.165, 1.54) is 0 Å². The van der Waals surface area contributed by atoms with E-state index < -0.39 is 0 Å². The lowest BCUT2D eigenvalue weighted by Gasteiger charge is -2.11. The van der Waals surface area contributed by atoms with E-state index in [1.54, 1.807) is 19.4 Å². The number of carbonyl (C=O) groups is 1. The highest BCUT2D eigenvalue weighted by Crippen LogP contribution is 2.30. The Morgan fingerprint density at radius 3 is 2.71 bits per heavy atom. The second-order valence-corrected chi connectivity index (χ2v) is 5.02. The fourth-order valence-corrected chi connectivity index (χ4v) is 2.02. The number of carbonyl (C=O) groups excluding carboxylic acids is 1. The number of methoxy groups -OCH3 is 1. The highest BCUT2D eigenvalue weighted by molar-refractivity contribution is 5.93. The molecule has 1 aromatic carbocycles. The number of hydrogen-bond donors (Lipinski definition) is 2. The van der Waals surface area contributed by atoms with Crippen LogP contribution >= 0.6 is 0 Å². The van der Waals surface area contributed by atoms with Crippen LogP contribution in [0.25, 0.3) is 0 Å². The number of amides is 1. The minimum Gasteiger partial charge on any atom is -0.495 e. The maximum atomic E-state index is 11.7. The molecule has 1 fully saturated rings. The molecule has 0 unspecified atom stereocenters. The fraction of sp³-hybridized carbons (Fsp3) is 0.250. The second-order valence-electron chi connectivity index (χ2n) is 5.02. The number of pyridine rings is 1. The molecule has 0 aliphatic heterocycles. The summed E-state index contributed by atoms with van der Waals surface area (Å²) < 4.78 is 5.29. The normalized spacial score (nSPS) is 13.6. The Morgan fingerprint density at radius 1 is 1.24 bits per heavy atom. The molecule has 1 heterocycles. The Balaban J connectivity index is 1.67. The van der Waals surface area contributed by atoms with Gasteiger partial charge in [0.15, 0.2) is 0 Å². The van der Waals surface area contributed by atoms with Gasteiger partial charge >= 0.3 is 0 Å². The molecule has 2 N–H and O–H groups in total. The number of nitrogens with one attached hydrogen (secondary N) is 2. The number of benzene rings is 1. The number of hydrogen-bond acceptors (Lipinski definition) is 4. The largest absolute Gasteiger partial charge is 0.495 e. The molecule has 21 heavy (non-hydrogen) atoms. The van der Waals surface area contributed by atoms with Crippen molar-refractivity contribution in [3.8, 4) is 5.75 Å². The van der Waals surface area contributed by atoms with Crippen molar-refractivity contribution < 1.29 is 9.53 Å². The molecule has 108 valence electrons. The predicted molar refractivity (Wildman–Crippen MR) is 81.9 cm³/mol. The zero-order chi connectivity index (χ0) is 14.7. The van der Waals surface area contributed by atoms with Gasteiger partial charge < -0.3 is 15.4 Å². The molecule has 1 amide bonds. The van der Waals surface area contributed by atoms with Crippen LogP contribution in [0.2, 0.25) is 0 Å². The van der Waals surface area contributed by atoms with Crippen molar-refractivity contribution in [1.29, 1.82) is 0 Å². The molecule has 1 aromatic heterocycles. The van der Waals surface area contributed by atoms with Crippen LogP contribution in [0.5, 0.6) is 5.75 Å². The van der Waals surface area contributed by atoms with Gasteiger partial charge in [0.1, 0.15) is 11.6 Å². The summed E-state index contributed by atoms with van der Waals surface area (Å²) in [6, 6.07) is 11.3.